The summed E-state index contributed by atoms with van der Waals surface area (Å²) in [5, 5.41) is 0. The van der Waals surface area contributed by atoms with Crippen molar-refractivity contribution in [3.05, 3.63) is 203 Å². The second-order valence-electron chi connectivity index (χ2n) is 14.9. The Labute approximate surface area is 314 Å². The van der Waals surface area contributed by atoms with Crippen molar-refractivity contribution in [3.63, 3.8) is 0 Å². The summed E-state index contributed by atoms with van der Waals surface area (Å²) in [6, 6.07) is 62.1. The molecule has 3 aliphatic rings. The molecule has 1 aromatic heterocycles. The molecule has 2 nitrogen and oxygen atoms in total. The van der Waals surface area contributed by atoms with Crippen LogP contribution in [0.1, 0.15) is 47.2 Å². The number of hydrogen-bond acceptors (Lipinski definition) is 3. The van der Waals surface area contributed by atoms with Crippen LogP contribution in [0.25, 0.3) is 56.2 Å². The van der Waals surface area contributed by atoms with E-state index in [0.29, 0.717) is 0 Å². The van der Waals surface area contributed by atoms with E-state index in [-0.39, 0.29) is 5.41 Å². The number of nitrogens with zero attached hydrogens (tertiary/aromatic N) is 2. The summed E-state index contributed by atoms with van der Waals surface area (Å²) in [5.41, 5.74) is 17.9. The molecule has 53 heavy (non-hydrogen) atoms. The van der Waals surface area contributed by atoms with Gasteiger partial charge in [-0.25, -0.2) is 9.97 Å². The van der Waals surface area contributed by atoms with Crippen LogP contribution in [0.3, 0.4) is 0 Å². The lowest BCUT2D eigenvalue weighted by atomic mass is 9.66. The summed E-state index contributed by atoms with van der Waals surface area (Å²) >= 11 is 1.92. The first-order valence-electron chi connectivity index (χ1n) is 18.3. The van der Waals surface area contributed by atoms with E-state index in [1.54, 1.807) is 0 Å². The molecule has 8 aromatic rings. The quantitative estimate of drug-likeness (QED) is 0.184. The maximum atomic E-state index is 5.21. The van der Waals surface area contributed by atoms with Gasteiger partial charge in [0, 0.05) is 31.9 Å². The second kappa shape index (κ2) is 11.2. The van der Waals surface area contributed by atoms with Gasteiger partial charge in [0.1, 0.15) is 0 Å². The lowest BCUT2D eigenvalue weighted by Gasteiger charge is -2.40. The van der Waals surface area contributed by atoms with E-state index in [0.717, 1.165) is 33.9 Å². The monoisotopic (exact) mass is 694 g/mol. The SMILES string of the molecule is CC1(C)c2ccc(-c3cc(-c4ccccc4)nc(-c4ccccc4)n3)cc2-c2cc3c(cc21)Sc1ccccc1C31c2ccccc2-c2ccccc21. The lowest BCUT2D eigenvalue weighted by Crippen LogP contribution is -2.32. The van der Waals surface area contributed by atoms with E-state index >= 15 is 0 Å². The zero-order chi connectivity index (χ0) is 35.3. The van der Waals surface area contributed by atoms with Gasteiger partial charge in [0.2, 0.25) is 0 Å². The Morgan fingerprint density at radius 2 is 0.943 bits per heavy atom. The molecule has 0 bridgehead atoms. The van der Waals surface area contributed by atoms with E-state index in [9.17, 15) is 0 Å². The molecule has 0 radical (unpaired) electrons. The second-order valence-corrected chi connectivity index (χ2v) is 16.0. The minimum atomic E-state index is -0.411. The topological polar surface area (TPSA) is 25.8 Å². The molecule has 0 N–H and O–H groups in total. The Hall–Kier alpha value is -6.03. The molecule has 0 saturated heterocycles. The van der Waals surface area contributed by atoms with E-state index in [4.69, 9.17) is 9.97 Å². The highest BCUT2D eigenvalue weighted by Gasteiger charge is 2.51. The number of aromatic nitrogens is 2. The summed E-state index contributed by atoms with van der Waals surface area (Å²) < 4.78 is 0. The molecular weight excluding hydrogens is 661 g/mol. The highest BCUT2D eigenvalue weighted by atomic mass is 32.2. The first-order valence-corrected chi connectivity index (χ1v) is 19.1. The molecule has 1 spiro atoms. The summed E-state index contributed by atoms with van der Waals surface area (Å²) in [7, 11) is 0. The van der Waals surface area contributed by atoms with Crippen molar-refractivity contribution in [1.29, 1.82) is 0 Å². The van der Waals surface area contributed by atoms with Crippen molar-refractivity contribution in [2.24, 2.45) is 0 Å². The average Bonchev–Trinajstić information content (AvgIpc) is 3.63. The Kier molecular flexibility index (Phi) is 6.48. The van der Waals surface area contributed by atoms with Gasteiger partial charge in [0.15, 0.2) is 5.82 Å². The minimum absolute atomic E-state index is 0.162. The van der Waals surface area contributed by atoms with Gasteiger partial charge in [-0.2, -0.15) is 0 Å². The molecule has 0 unspecified atom stereocenters. The van der Waals surface area contributed by atoms with Crippen LogP contribution in [-0.2, 0) is 10.8 Å². The van der Waals surface area contributed by atoms with Crippen molar-refractivity contribution >= 4 is 11.8 Å². The van der Waals surface area contributed by atoms with Gasteiger partial charge in [-0.3, -0.25) is 0 Å². The van der Waals surface area contributed by atoms with Crippen molar-refractivity contribution in [2.45, 2.75) is 34.5 Å². The standard InChI is InChI=1S/C50H34N2S/c1-49(2)38-26-25-33(45-30-44(31-15-5-3-6-16-31)51-48(52-45)32-17-7-4-8-18-32)27-36(38)37-28-43-47(29-42(37)49)53-46-24-14-13-23-41(46)50(43)39-21-11-9-19-34(39)35-20-10-12-22-40(35)50/h3-30H,1-2H3. The first-order chi connectivity index (χ1) is 26.0. The third kappa shape index (κ3) is 4.29. The third-order valence-electron chi connectivity index (χ3n) is 11.8. The number of benzene rings is 7. The molecular formula is C50H34N2S. The average molecular weight is 695 g/mol. The Balaban J connectivity index is 1.15. The molecule has 0 atom stereocenters. The van der Waals surface area contributed by atoms with Crippen LogP contribution in [0, 0.1) is 0 Å². The molecule has 0 fully saturated rings. The van der Waals surface area contributed by atoms with Gasteiger partial charge in [0.25, 0.3) is 0 Å². The zero-order valence-electron chi connectivity index (χ0n) is 29.5. The summed E-state index contributed by atoms with van der Waals surface area (Å²) in [4.78, 5) is 12.9. The number of hydrogen-bond donors (Lipinski definition) is 0. The highest BCUT2D eigenvalue weighted by Crippen LogP contribution is 2.64. The van der Waals surface area contributed by atoms with E-state index < -0.39 is 5.41 Å². The molecule has 0 amide bonds. The Morgan fingerprint density at radius 1 is 0.377 bits per heavy atom. The van der Waals surface area contributed by atoms with Gasteiger partial charge >= 0.3 is 0 Å². The maximum Gasteiger partial charge on any atom is 0.160 e. The van der Waals surface area contributed by atoms with Crippen LogP contribution >= 0.6 is 11.8 Å². The van der Waals surface area contributed by atoms with E-state index in [2.05, 4.69) is 159 Å². The summed E-state index contributed by atoms with van der Waals surface area (Å²) in [6.07, 6.45) is 0. The van der Waals surface area contributed by atoms with Gasteiger partial charge < -0.3 is 0 Å². The number of fused-ring (bicyclic) bond motifs is 12. The van der Waals surface area contributed by atoms with Gasteiger partial charge in [0.05, 0.1) is 16.8 Å². The first kappa shape index (κ1) is 30.6. The number of rotatable bonds is 3. The van der Waals surface area contributed by atoms with Crippen LogP contribution in [0.5, 0.6) is 0 Å². The molecule has 7 aromatic carbocycles. The zero-order valence-corrected chi connectivity index (χ0v) is 30.3. The fourth-order valence-corrected chi connectivity index (χ4v) is 10.5. The van der Waals surface area contributed by atoms with Crippen LogP contribution in [0.2, 0.25) is 0 Å². The van der Waals surface area contributed by atoms with Crippen molar-refractivity contribution in [3.8, 4) is 56.2 Å². The van der Waals surface area contributed by atoms with E-state index in [1.165, 1.54) is 65.4 Å². The lowest BCUT2D eigenvalue weighted by molar-refractivity contribution is 0.654. The van der Waals surface area contributed by atoms with Crippen molar-refractivity contribution < 1.29 is 0 Å². The molecule has 2 aliphatic carbocycles. The van der Waals surface area contributed by atoms with Crippen LogP contribution < -0.4 is 0 Å². The van der Waals surface area contributed by atoms with Crippen molar-refractivity contribution in [2.75, 3.05) is 0 Å². The smallest absolute Gasteiger partial charge is 0.160 e. The minimum Gasteiger partial charge on any atom is -0.228 e. The fourth-order valence-electron chi connectivity index (χ4n) is 9.33. The van der Waals surface area contributed by atoms with Gasteiger partial charge in [-0.15, -0.1) is 0 Å². The molecule has 3 heteroatoms. The molecule has 11 rings (SSSR count). The predicted octanol–water partition coefficient (Wildman–Crippen LogP) is 12.6. The molecule has 250 valence electrons. The largest absolute Gasteiger partial charge is 0.228 e. The molecule has 1 aliphatic heterocycles. The fraction of sp³-hybridized carbons (Fsp3) is 0.0800. The normalized spacial score (nSPS) is 14.8. The molecule has 2 heterocycles. The van der Waals surface area contributed by atoms with Crippen LogP contribution in [-0.4, -0.2) is 9.97 Å². The van der Waals surface area contributed by atoms with Crippen LogP contribution in [0.15, 0.2) is 180 Å². The Morgan fingerprint density at radius 3 is 1.64 bits per heavy atom. The summed E-state index contributed by atoms with van der Waals surface area (Å²) in [6.45, 7) is 4.76. The van der Waals surface area contributed by atoms with Crippen molar-refractivity contribution in [1.82, 2.24) is 9.97 Å². The Bertz CT molecular complexity index is 2680. The molecule has 0 saturated carbocycles. The highest BCUT2D eigenvalue weighted by molar-refractivity contribution is 7.99. The van der Waals surface area contributed by atoms with E-state index in [1.807, 2.05) is 36.0 Å². The van der Waals surface area contributed by atoms with Crippen LogP contribution in [0.4, 0.5) is 0 Å². The summed E-state index contributed by atoms with van der Waals surface area (Å²) in [5.74, 6) is 0.730. The third-order valence-corrected chi connectivity index (χ3v) is 12.9. The van der Waals surface area contributed by atoms with Gasteiger partial charge in [-0.1, -0.05) is 165 Å². The maximum absolute atomic E-state index is 5.21. The predicted molar refractivity (Wildman–Crippen MR) is 217 cm³/mol. The van der Waals surface area contributed by atoms with Gasteiger partial charge in [-0.05, 0) is 86.0 Å².